The van der Waals surface area contributed by atoms with Gasteiger partial charge in [0.05, 0.1) is 5.69 Å². The van der Waals surface area contributed by atoms with Crippen molar-refractivity contribution >= 4 is 22.9 Å². The third-order valence-electron chi connectivity index (χ3n) is 2.06. The van der Waals surface area contributed by atoms with Crippen molar-refractivity contribution in [1.29, 1.82) is 0 Å². The van der Waals surface area contributed by atoms with Gasteiger partial charge in [-0.3, -0.25) is 0 Å². The fraction of sp³-hybridized carbons (Fsp3) is 0.625. The van der Waals surface area contributed by atoms with Crippen molar-refractivity contribution in [2.24, 2.45) is 0 Å². The molecule has 0 atom stereocenters. The Labute approximate surface area is 85.6 Å². The second-order valence-corrected chi connectivity index (χ2v) is 4.38. The molecule has 0 amide bonds. The van der Waals surface area contributed by atoms with Gasteiger partial charge in [0, 0.05) is 55.7 Å². The Morgan fingerprint density at radius 3 is 3.00 bits per heavy atom. The maximum atomic E-state index is 5.49. The van der Waals surface area contributed by atoms with Crippen LogP contribution in [0.15, 0.2) is 4.42 Å². The minimum absolute atomic E-state index is 0.807. The van der Waals surface area contributed by atoms with Crippen LogP contribution < -0.4 is 0 Å². The molecule has 2 rings (SSSR count). The highest BCUT2D eigenvalue weighted by Gasteiger charge is 2.16. The second kappa shape index (κ2) is 3.33. The molecule has 0 spiro atoms. The lowest BCUT2D eigenvalue weighted by Crippen LogP contribution is -2.14. The van der Waals surface area contributed by atoms with E-state index in [1.54, 1.807) is 0 Å². The Bertz CT molecular complexity index is 259. The van der Waals surface area contributed by atoms with Crippen molar-refractivity contribution in [2.75, 3.05) is 13.1 Å². The van der Waals surface area contributed by atoms with Gasteiger partial charge in [-0.25, -0.2) is 8.10 Å². The summed E-state index contributed by atoms with van der Waals surface area (Å²) in [4.78, 5) is 4.35. The predicted molar refractivity (Wildman–Crippen MR) is 54.2 cm³/mol. The Hall–Kier alpha value is -0.100. The summed E-state index contributed by atoms with van der Waals surface area (Å²) in [6.45, 7) is 4.07. The first-order chi connectivity index (χ1) is 5.75. The van der Waals surface area contributed by atoms with Gasteiger partial charge in [-0.2, -0.15) is 0 Å². The summed E-state index contributed by atoms with van der Waals surface area (Å²) in [5, 5.41) is 0. The number of hydrogen-bond donors (Lipinski definition) is 0. The average Bonchev–Trinajstić information content (AvgIpc) is 2.31. The molecule has 0 unspecified atom stereocenters. The van der Waals surface area contributed by atoms with Gasteiger partial charge in [0.2, 0.25) is 0 Å². The number of fused-ring (bicyclic) bond motifs is 1. The molecule has 12 heavy (non-hydrogen) atoms. The van der Waals surface area contributed by atoms with Crippen LogP contribution in [-0.4, -0.2) is 21.2 Å². The lowest BCUT2D eigenvalue weighted by atomic mass is 10.2. The van der Waals surface area contributed by atoms with Crippen molar-refractivity contribution in [3.8, 4) is 0 Å². The summed E-state index contributed by atoms with van der Waals surface area (Å²) in [5.74, 6) is 1.90. The van der Waals surface area contributed by atoms with Crippen molar-refractivity contribution < 1.29 is 4.42 Å². The molecule has 0 saturated heterocycles. The zero-order valence-corrected chi connectivity index (χ0v) is 9.17. The van der Waals surface area contributed by atoms with Gasteiger partial charge < -0.3 is 4.42 Å². The third-order valence-corrected chi connectivity index (χ3v) is 3.02. The minimum atomic E-state index is 0.807. The van der Waals surface area contributed by atoms with Crippen LogP contribution in [-0.2, 0) is 12.8 Å². The Kier molecular flexibility index (Phi) is 2.36. The van der Waals surface area contributed by atoms with Gasteiger partial charge in [0.1, 0.15) is 5.76 Å². The molecule has 0 saturated carbocycles. The summed E-state index contributed by atoms with van der Waals surface area (Å²) in [5.41, 5.74) is 1.16. The summed E-state index contributed by atoms with van der Waals surface area (Å²) >= 11 is 2.35. The van der Waals surface area contributed by atoms with Crippen LogP contribution in [0.2, 0.25) is 0 Å². The quantitative estimate of drug-likeness (QED) is 0.534. The maximum Gasteiger partial charge on any atom is 0.191 e. The molecule has 1 aromatic rings. The first-order valence-electron chi connectivity index (χ1n) is 4.11. The van der Waals surface area contributed by atoms with Gasteiger partial charge in [-0.05, 0) is 0 Å². The van der Waals surface area contributed by atoms with E-state index in [1.165, 1.54) is 0 Å². The maximum absolute atomic E-state index is 5.49. The number of halogens is 1. The molecule has 0 bridgehead atoms. The van der Waals surface area contributed by atoms with Gasteiger partial charge >= 0.3 is 0 Å². The van der Waals surface area contributed by atoms with Crippen LogP contribution in [0.3, 0.4) is 0 Å². The molecule has 0 aliphatic carbocycles. The van der Waals surface area contributed by atoms with Gasteiger partial charge in [-0.15, -0.1) is 0 Å². The highest BCUT2D eigenvalue weighted by Crippen LogP contribution is 2.17. The topological polar surface area (TPSA) is 29.3 Å². The van der Waals surface area contributed by atoms with Crippen molar-refractivity contribution in [3.05, 3.63) is 17.3 Å². The van der Waals surface area contributed by atoms with Crippen molar-refractivity contribution in [3.63, 3.8) is 0 Å². The van der Waals surface area contributed by atoms with E-state index in [2.05, 4.69) is 31.0 Å². The zero-order valence-electron chi connectivity index (χ0n) is 7.01. The molecule has 0 fully saturated rings. The van der Waals surface area contributed by atoms with Gasteiger partial charge in [0.25, 0.3) is 0 Å². The highest BCUT2D eigenvalue weighted by molar-refractivity contribution is 14.1. The second-order valence-electron chi connectivity index (χ2n) is 3.01. The molecular formula is C8H11IN2O. The number of aryl methyl sites for hydroxylation is 1. The van der Waals surface area contributed by atoms with E-state index in [0.717, 1.165) is 43.3 Å². The summed E-state index contributed by atoms with van der Waals surface area (Å²) in [6, 6.07) is 0. The van der Waals surface area contributed by atoms with E-state index in [-0.39, 0.29) is 0 Å². The average molecular weight is 278 g/mol. The smallest absolute Gasteiger partial charge is 0.191 e. The van der Waals surface area contributed by atoms with E-state index in [0.29, 0.717) is 0 Å². The molecule has 2 heterocycles. The summed E-state index contributed by atoms with van der Waals surface area (Å²) in [6.07, 6.45) is 2.02. The predicted octanol–water partition coefficient (Wildman–Crippen LogP) is 1.73. The van der Waals surface area contributed by atoms with Crippen LogP contribution in [0.4, 0.5) is 0 Å². The zero-order chi connectivity index (χ0) is 8.55. The fourth-order valence-electron chi connectivity index (χ4n) is 1.46. The standard InChI is InChI=1S/C8H11IN2O/c1-6-10-7-2-4-11(9)5-3-8(7)12-6/h2-5H2,1H3. The van der Waals surface area contributed by atoms with E-state index in [4.69, 9.17) is 4.42 Å². The Morgan fingerprint density at radius 2 is 2.17 bits per heavy atom. The van der Waals surface area contributed by atoms with Crippen molar-refractivity contribution in [2.45, 2.75) is 19.8 Å². The highest BCUT2D eigenvalue weighted by atomic mass is 127. The molecule has 0 aromatic carbocycles. The number of hydrogen-bond acceptors (Lipinski definition) is 3. The Balaban J connectivity index is 2.24. The molecular weight excluding hydrogens is 267 g/mol. The number of oxazole rings is 1. The monoisotopic (exact) mass is 278 g/mol. The third kappa shape index (κ3) is 1.64. The van der Waals surface area contributed by atoms with Crippen LogP contribution in [0.1, 0.15) is 17.3 Å². The molecule has 4 heteroatoms. The first kappa shape index (κ1) is 8.50. The largest absolute Gasteiger partial charge is 0.446 e. The SMILES string of the molecule is Cc1nc2c(o1)CCN(I)CC2. The van der Waals surface area contributed by atoms with E-state index in [1.807, 2.05) is 6.92 Å². The van der Waals surface area contributed by atoms with Crippen LogP contribution >= 0.6 is 22.9 Å². The number of nitrogens with zero attached hydrogens (tertiary/aromatic N) is 2. The molecule has 1 aromatic heterocycles. The summed E-state index contributed by atoms with van der Waals surface area (Å²) in [7, 11) is 0. The minimum Gasteiger partial charge on any atom is -0.446 e. The lowest BCUT2D eigenvalue weighted by molar-refractivity contribution is 0.453. The van der Waals surface area contributed by atoms with Crippen LogP contribution in [0, 0.1) is 6.92 Å². The molecule has 66 valence electrons. The molecule has 1 aliphatic heterocycles. The summed E-state index contributed by atoms with van der Waals surface area (Å²) < 4.78 is 7.78. The fourth-order valence-corrected chi connectivity index (χ4v) is 1.95. The van der Waals surface area contributed by atoms with Gasteiger partial charge in [-0.1, -0.05) is 0 Å². The molecule has 3 nitrogen and oxygen atoms in total. The van der Waals surface area contributed by atoms with Crippen LogP contribution in [0.25, 0.3) is 0 Å². The van der Waals surface area contributed by atoms with Gasteiger partial charge in [0.15, 0.2) is 5.89 Å². The molecule has 0 radical (unpaired) electrons. The lowest BCUT2D eigenvalue weighted by Gasteiger charge is -2.07. The van der Waals surface area contributed by atoms with E-state index >= 15 is 0 Å². The van der Waals surface area contributed by atoms with Crippen LogP contribution in [0.5, 0.6) is 0 Å². The number of rotatable bonds is 0. The van der Waals surface area contributed by atoms with Crippen molar-refractivity contribution in [1.82, 2.24) is 8.10 Å². The molecule has 1 aliphatic rings. The Morgan fingerprint density at radius 1 is 1.42 bits per heavy atom. The first-order valence-corrected chi connectivity index (χ1v) is 5.08. The normalized spacial score (nSPS) is 18.8. The molecule has 0 N–H and O–H groups in total. The van der Waals surface area contributed by atoms with E-state index < -0.39 is 0 Å². The van der Waals surface area contributed by atoms with E-state index in [9.17, 15) is 0 Å². The number of aromatic nitrogens is 1.